The van der Waals surface area contributed by atoms with Crippen molar-refractivity contribution in [1.82, 2.24) is 19.5 Å². The fourth-order valence-corrected chi connectivity index (χ4v) is 7.63. The average molecular weight is 651 g/mol. The number of hydrogen-bond donors (Lipinski definition) is 2. The summed E-state index contributed by atoms with van der Waals surface area (Å²) in [7, 11) is -4.00. The van der Waals surface area contributed by atoms with Crippen LogP contribution in [0.25, 0.3) is 10.2 Å². The van der Waals surface area contributed by atoms with Crippen LogP contribution in [-0.4, -0.2) is 77.6 Å². The number of cyclic esters (lactones) is 1. The van der Waals surface area contributed by atoms with Gasteiger partial charge in [0, 0.05) is 19.6 Å². The van der Waals surface area contributed by atoms with Gasteiger partial charge in [0.25, 0.3) is 5.91 Å². The largest absolute Gasteiger partial charge is 0.434 e. The molecule has 1 aliphatic rings. The van der Waals surface area contributed by atoms with Gasteiger partial charge in [-0.25, -0.2) is 18.2 Å². The van der Waals surface area contributed by atoms with Crippen LogP contribution in [0.2, 0.25) is 0 Å². The summed E-state index contributed by atoms with van der Waals surface area (Å²) < 4.78 is 35.4. The van der Waals surface area contributed by atoms with Gasteiger partial charge in [0.05, 0.1) is 39.3 Å². The van der Waals surface area contributed by atoms with Gasteiger partial charge in [-0.1, -0.05) is 80.9 Å². The number of aliphatic hydroxyl groups excluding tert-OH is 1. The van der Waals surface area contributed by atoms with Crippen LogP contribution in [-0.2, 0) is 32.5 Å². The van der Waals surface area contributed by atoms with E-state index in [1.807, 2.05) is 74.5 Å². The van der Waals surface area contributed by atoms with E-state index in [1.54, 1.807) is 17.6 Å². The van der Waals surface area contributed by atoms with Crippen LogP contribution in [0.5, 0.6) is 0 Å². The van der Waals surface area contributed by atoms with Crippen molar-refractivity contribution in [2.24, 2.45) is 5.92 Å². The highest BCUT2D eigenvalue weighted by atomic mass is 32.2. The highest BCUT2D eigenvalue weighted by molar-refractivity contribution is 7.89. The number of carbonyl (C=O) groups excluding carboxylic acids is 2. The number of aromatic nitrogens is 1. The van der Waals surface area contributed by atoms with Crippen molar-refractivity contribution in [1.29, 1.82) is 0 Å². The molecule has 1 aliphatic heterocycles. The van der Waals surface area contributed by atoms with Crippen LogP contribution in [0.3, 0.4) is 0 Å². The summed E-state index contributed by atoms with van der Waals surface area (Å²) >= 11 is 1.36. The molecule has 0 bridgehead atoms. The van der Waals surface area contributed by atoms with E-state index in [2.05, 4.69) is 10.3 Å². The van der Waals surface area contributed by atoms with Crippen molar-refractivity contribution in [3.63, 3.8) is 0 Å². The van der Waals surface area contributed by atoms with E-state index in [-0.39, 0.29) is 36.9 Å². The second kappa shape index (κ2) is 14.5. The van der Waals surface area contributed by atoms with E-state index < -0.39 is 40.3 Å². The molecule has 0 radical (unpaired) electrons. The van der Waals surface area contributed by atoms with Gasteiger partial charge in [0.2, 0.25) is 10.0 Å². The van der Waals surface area contributed by atoms with E-state index in [0.717, 1.165) is 22.2 Å². The Labute approximate surface area is 267 Å². The SMILES string of the molecule is CC[C@@H](C)CN(C[C@@H](O)C(Cc1ccccc1)NC(=O)C1CN(Cc2ccccc2)C(=O)O1)S(=O)(=O)c1ccc2ncsc2c1. The molecule has 1 aromatic heterocycles. The van der Waals surface area contributed by atoms with Crippen LogP contribution in [0.4, 0.5) is 4.79 Å². The number of nitrogens with one attached hydrogen (secondary N) is 1. The summed E-state index contributed by atoms with van der Waals surface area (Å²) in [5, 5.41) is 14.5. The monoisotopic (exact) mass is 650 g/mol. The van der Waals surface area contributed by atoms with E-state index in [4.69, 9.17) is 4.74 Å². The molecule has 12 heteroatoms. The van der Waals surface area contributed by atoms with Crippen LogP contribution in [0, 0.1) is 5.92 Å². The number of aliphatic hydroxyl groups is 1. The molecule has 4 atom stereocenters. The number of amides is 2. The molecule has 5 rings (SSSR count). The summed E-state index contributed by atoms with van der Waals surface area (Å²) in [5.74, 6) is -0.527. The molecule has 0 spiro atoms. The van der Waals surface area contributed by atoms with Crippen molar-refractivity contribution >= 4 is 43.6 Å². The number of ether oxygens (including phenoxy) is 1. The molecular formula is C33H38N4O6S2. The molecule has 2 heterocycles. The van der Waals surface area contributed by atoms with Crippen LogP contribution >= 0.6 is 11.3 Å². The molecule has 0 saturated carbocycles. The van der Waals surface area contributed by atoms with Gasteiger partial charge in [-0.3, -0.25) is 9.69 Å². The standard InChI is InChI=1S/C33H38N4O6S2/c1-3-23(2)18-37(45(41,42)26-14-15-27-31(17-26)44-22-34-27)20-29(38)28(16-24-10-6-4-7-11-24)35-32(39)30-21-36(33(40)43-30)19-25-12-8-5-9-13-25/h4-15,17,22-23,28-30,38H,3,16,18-21H2,1-2H3,(H,35,39)/t23-,28?,29-,30?/m1/s1. The number of sulfonamides is 1. The number of nitrogens with zero attached hydrogens (tertiary/aromatic N) is 3. The zero-order chi connectivity index (χ0) is 32.0. The minimum atomic E-state index is -4.00. The number of rotatable bonds is 14. The predicted molar refractivity (Wildman–Crippen MR) is 173 cm³/mol. The molecule has 0 aliphatic carbocycles. The van der Waals surface area contributed by atoms with Gasteiger partial charge in [-0.05, 0) is 41.7 Å². The molecular weight excluding hydrogens is 613 g/mol. The van der Waals surface area contributed by atoms with Gasteiger partial charge in [-0.2, -0.15) is 4.31 Å². The van der Waals surface area contributed by atoms with Crippen molar-refractivity contribution in [2.45, 2.75) is 56.4 Å². The summed E-state index contributed by atoms with van der Waals surface area (Å²) in [4.78, 5) is 31.9. The highest BCUT2D eigenvalue weighted by Crippen LogP contribution is 2.26. The third-order valence-corrected chi connectivity index (χ3v) is 10.6. The Morgan fingerprint density at radius 1 is 1.09 bits per heavy atom. The minimum absolute atomic E-state index is 0.0229. The molecule has 1 saturated heterocycles. The first-order valence-corrected chi connectivity index (χ1v) is 17.3. The summed E-state index contributed by atoms with van der Waals surface area (Å²) in [6.45, 7) is 4.25. The molecule has 45 heavy (non-hydrogen) atoms. The predicted octanol–water partition coefficient (Wildman–Crippen LogP) is 4.44. The number of hydrogen-bond acceptors (Lipinski definition) is 8. The van der Waals surface area contributed by atoms with Crippen molar-refractivity contribution < 1.29 is 27.9 Å². The van der Waals surface area contributed by atoms with Crippen LogP contribution in [0.1, 0.15) is 31.4 Å². The fourth-order valence-electron chi connectivity index (χ4n) is 5.23. The van der Waals surface area contributed by atoms with Gasteiger partial charge < -0.3 is 15.2 Å². The summed E-state index contributed by atoms with van der Waals surface area (Å²) in [6, 6.07) is 22.7. The number of thiazole rings is 1. The van der Waals surface area contributed by atoms with Crippen molar-refractivity contribution in [2.75, 3.05) is 19.6 Å². The van der Waals surface area contributed by atoms with Crippen molar-refractivity contribution in [3.8, 4) is 0 Å². The molecule has 2 unspecified atom stereocenters. The zero-order valence-corrected chi connectivity index (χ0v) is 26.9. The van der Waals surface area contributed by atoms with Crippen LogP contribution < -0.4 is 5.32 Å². The van der Waals surface area contributed by atoms with Gasteiger partial charge >= 0.3 is 6.09 Å². The Bertz CT molecular complexity index is 1700. The van der Waals surface area contributed by atoms with Gasteiger partial charge in [0.1, 0.15) is 0 Å². The van der Waals surface area contributed by atoms with Gasteiger partial charge in [-0.15, -0.1) is 11.3 Å². The second-order valence-corrected chi connectivity index (χ2v) is 14.3. The smallest absolute Gasteiger partial charge is 0.411 e. The molecule has 2 amide bonds. The lowest BCUT2D eigenvalue weighted by Crippen LogP contribution is -2.53. The molecule has 2 N–H and O–H groups in total. The second-order valence-electron chi connectivity index (χ2n) is 11.4. The average Bonchev–Trinajstić information content (AvgIpc) is 3.67. The third-order valence-electron chi connectivity index (χ3n) is 8.03. The maximum Gasteiger partial charge on any atom is 0.411 e. The maximum atomic E-state index is 14.0. The molecule has 4 aromatic rings. The first-order valence-electron chi connectivity index (χ1n) is 15.0. The number of carbonyl (C=O) groups is 2. The topological polar surface area (TPSA) is 129 Å². The molecule has 3 aromatic carbocycles. The van der Waals surface area contributed by atoms with Crippen LogP contribution in [0.15, 0.2) is 89.3 Å². The Balaban J connectivity index is 1.35. The van der Waals surface area contributed by atoms with E-state index in [1.165, 1.54) is 26.6 Å². The minimum Gasteiger partial charge on any atom is -0.434 e. The normalized spacial score (nSPS) is 17.3. The number of benzene rings is 3. The molecule has 1 fully saturated rings. The fraction of sp³-hybridized carbons (Fsp3) is 0.364. The quantitative estimate of drug-likeness (QED) is 0.207. The first-order chi connectivity index (χ1) is 21.6. The number of fused-ring (bicyclic) bond motifs is 1. The Hall–Kier alpha value is -3.84. The third kappa shape index (κ3) is 8.06. The highest BCUT2D eigenvalue weighted by Gasteiger charge is 2.38. The Morgan fingerprint density at radius 2 is 1.78 bits per heavy atom. The van der Waals surface area contributed by atoms with E-state index in [9.17, 15) is 23.1 Å². The lowest BCUT2D eigenvalue weighted by atomic mass is 10.0. The van der Waals surface area contributed by atoms with E-state index >= 15 is 0 Å². The van der Waals surface area contributed by atoms with E-state index in [0.29, 0.717) is 12.1 Å². The Kier molecular flexibility index (Phi) is 10.5. The lowest BCUT2D eigenvalue weighted by Gasteiger charge is -2.31. The van der Waals surface area contributed by atoms with Gasteiger partial charge in [0.15, 0.2) is 6.10 Å². The molecule has 10 nitrogen and oxygen atoms in total. The Morgan fingerprint density at radius 3 is 2.47 bits per heavy atom. The first kappa shape index (κ1) is 32.6. The lowest BCUT2D eigenvalue weighted by molar-refractivity contribution is -0.129. The van der Waals surface area contributed by atoms with Crippen molar-refractivity contribution in [3.05, 3.63) is 95.5 Å². The molecule has 238 valence electrons. The summed E-state index contributed by atoms with van der Waals surface area (Å²) in [5.41, 5.74) is 4.14. The maximum absolute atomic E-state index is 14.0. The zero-order valence-electron chi connectivity index (χ0n) is 25.3. The summed E-state index contributed by atoms with van der Waals surface area (Å²) in [6.07, 6.45) is -1.95.